The molecule has 0 aliphatic heterocycles. The Morgan fingerprint density at radius 3 is 2.71 bits per heavy atom. The van der Waals surface area contributed by atoms with Gasteiger partial charge >= 0.3 is 0 Å². The molecule has 0 amide bonds. The molecule has 6 nitrogen and oxygen atoms in total. The van der Waals surface area contributed by atoms with Gasteiger partial charge in [0, 0.05) is 23.8 Å². The van der Waals surface area contributed by atoms with E-state index in [1.54, 1.807) is 7.11 Å². The van der Waals surface area contributed by atoms with Crippen LogP contribution in [0.2, 0.25) is 0 Å². The molecule has 31 heavy (non-hydrogen) atoms. The molecule has 0 fully saturated rings. The molecule has 4 rings (SSSR count). The van der Waals surface area contributed by atoms with Crippen LogP contribution in [0.3, 0.4) is 0 Å². The molecular weight excluding hydrogens is 390 g/mol. The Hall–Kier alpha value is -2.83. The van der Waals surface area contributed by atoms with E-state index in [4.69, 9.17) is 19.7 Å². The number of aliphatic hydroxyl groups excluding tert-OH is 1. The molecule has 0 saturated heterocycles. The van der Waals surface area contributed by atoms with Gasteiger partial charge in [0.15, 0.2) is 0 Å². The zero-order valence-corrected chi connectivity index (χ0v) is 18.5. The van der Waals surface area contributed by atoms with Gasteiger partial charge in [-0.1, -0.05) is 26.0 Å². The number of methoxy groups -OCH3 is 1. The van der Waals surface area contributed by atoms with Crippen molar-refractivity contribution in [2.45, 2.75) is 39.3 Å². The van der Waals surface area contributed by atoms with Crippen molar-refractivity contribution in [2.75, 3.05) is 20.3 Å². The Bertz CT molecular complexity index is 1010. The fourth-order valence-corrected chi connectivity index (χ4v) is 4.32. The fourth-order valence-electron chi connectivity index (χ4n) is 4.32. The minimum atomic E-state index is 0.0145. The highest BCUT2D eigenvalue weighted by molar-refractivity contribution is 5.41. The summed E-state index contributed by atoms with van der Waals surface area (Å²) in [5.74, 6) is 1.63. The first-order chi connectivity index (χ1) is 15.0. The lowest BCUT2D eigenvalue weighted by molar-refractivity contribution is 0.201. The molecule has 6 heteroatoms. The zero-order valence-electron chi connectivity index (χ0n) is 18.5. The number of rotatable bonds is 8. The van der Waals surface area contributed by atoms with Crippen LogP contribution in [0.1, 0.15) is 43.1 Å². The summed E-state index contributed by atoms with van der Waals surface area (Å²) in [6, 6.07) is 16.3. The summed E-state index contributed by atoms with van der Waals surface area (Å²) in [5.41, 5.74) is 4.90. The molecule has 1 atom stereocenters. The predicted octanol–water partition coefficient (Wildman–Crippen LogP) is 4.06. The van der Waals surface area contributed by atoms with E-state index in [0.29, 0.717) is 6.61 Å². The van der Waals surface area contributed by atoms with Crippen molar-refractivity contribution in [2.24, 2.45) is 5.41 Å². The van der Waals surface area contributed by atoms with E-state index in [9.17, 15) is 0 Å². The summed E-state index contributed by atoms with van der Waals surface area (Å²) in [6.45, 7) is 5.70. The van der Waals surface area contributed by atoms with Crippen LogP contribution in [0.4, 0.5) is 0 Å². The SMILES string of the molecule is COc1ccc(-n2ncc3c2CC(C)(C)CC3NCc2cccc(OCCO)c2)cc1. The molecule has 1 aliphatic carbocycles. The van der Waals surface area contributed by atoms with Crippen LogP contribution in [-0.2, 0) is 13.0 Å². The molecule has 0 spiro atoms. The van der Waals surface area contributed by atoms with Gasteiger partial charge in [-0.25, -0.2) is 4.68 Å². The van der Waals surface area contributed by atoms with E-state index in [0.717, 1.165) is 42.1 Å². The Kier molecular flexibility index (Phi) is 6.30. The fraction of sp³-hybridized carbons (Fsp3) is 0.400. The van der Waals surface area contributed by atoms with Crippen LogP contribution in [0.5, 0.6) is 11.5 Å². The molecule has 0 bridgehead atoms. The average molecular weight is 422 g/mol. The molecule has 0 saturated carbocycles. The van der Waals surface area contributed by atoms with Crippen LogP contribution >= 0.6 is 0 Å². The molecule has 1 heterocycles. The first kappa shape index (κ1) is 21.4. The van der Waals surface area contributed by atoms with Gasteiger partial charge in [0.2, 0.25) is 0 Å². The maximum Gasteiger partial charge on any atom is 0.119 e. The Morgan fingerprint density at radius 2 is 1.97 bits per heavy atom. The number of aromatic nitrogens is 2. The largest absolute Gasteiger partial charge is 0.497 e. The van der Waals surface area contributed by atoms with Gasteiger partial charge in [-0.05, 0) is 60.2 Å². The summed E-state index contributed by atoms with van der Waals surface area (Å²) in [5, 5.41) is 17.4. The minimum absolute atomic E-state index is 0.0145. The standard InChI is InChI=1S/C25H31N3O3/c1-25(2)14-23(26-16-18-5-4-6-21(13-18)31-12-11-29)22-17-27-28(24(22)15-25)19-7-9-20(30-3)10-8-19/h4-10,13,17,23,26,29H,11-12,14-16H2,1-3H3. The topological polar surface area (TPSA) is 68.5 Å². The third kappa shape index (κ3) is 4.92. The molecule has 3 aromatic rings. The summed E-state index contributed by atoms with van der Waals surface area (Å²) < 4.78 is 12.9. The lowest BCUT2D eigenvalue weighted by Gasteiger charge is -2.36. The van der Waals surface area contributed by atoms with Gasteiger partial charge in [0.25, 0.3) is 0 Å². The van der Waals surface area contributed by atoms with Crippen molar-refractivity contribution >= 4 is 0 Å². The van der Waals surface area contributed by atoms with E-state index in [2.05, 4.69) is 29.9 Å². The third-order valence-electron chi connectivity index (χ3n) is 5.81. The van der Waals surface area contributed by atoms with Crippen molar-refractivity contribution < 1.29 is 14.6 Å². The van der Waals surface area contributed by atoms with Crippen LogP contribution in [0.25, 0.3) is 5.69 Å². The maximum absolute atomic E-state index is 8.97. The summed E-state index contributed by atoms with van der Waals surface area (Å²) in [6.07, 6.45) is 4.04. The lowest BCUT2D eigenvalue weighted by atomic mass is 9.74. The van der Waals surface area contributed by atoms with Gasteiger partial charge < -0.3 is 19.9 Å². The number of aliphatic hydroxyl groups is 1. The van der Waals surface area contributed by atoms with Gasteiger partial charge in [-0.3, -0.25) is 0 Å². The van der Waals surface area contributed by atoms with Crippen LogP contribution in [-0.4, -0.2) is 35.2 Å². The third-order valence-corrected chi connectivity index (χ3v) is 5.81. The van der Waals surface area contributed by atoms with E-state index < -0.39 is 0 Å². The van der Waals surface area contributed by atoms with E-state index in [-0.39, 0.29) is 18.1 Å². The highest BCUT2D eigenvalue weighted by Crippen LogP contribution is 2.41. The summed E-state index contributed by atoms with van der Waals surface area (Å²) in [7, 11) is 1.68. The second-order valence-corrected chi connectivity index (χ2v) is 8.85. The molecule has 2 N–H and O–H groups in total. The second kappa shape index (κ2) is 9.12. The first-order valence-electron chi connectivity index (χ1n) is 10.8. The molecule has 1 aromatic heterocycles. The Morgan fingerprint density at radius 1 is 1.16 bits per heavy atom. The first-order valence-corrected chi connectivity index (χ1v) is 10.8. The number of benzene rings is 2. The highest BCUT2D eigenvalue weighted by atomic mass is 16.5. The van der Waals surface area contributed by atoms with Crippen molar-refractivity contribution in [3.63, 3.8) is 0 Å². The minimum Gasteiger partial charge on any atom is -0.497 e. The monoisotopic (exact) mass is 421 g/mol. The van der Waals surface area contributed by atoms with E-state index in [1.807, 2.05) is 48.7 Å². The number of hydrogen-bond acceptors (Lipinski definition) is 5. The molecule has 0 radical (unpaired) electrons. The summed E-state index contributed by atoms with van der Waals surface area (Å²) in [4.78, 5) is 0. The lowest BCUT2D eigenvalue weighted by Crippen LogP contribution is -2.33. The van der Waals surface area contributed by atoms with Crippen LogP contribution in [0, 0.1) is 5.41 Å². The van der Waals surface area contributed by atoms with Gasteiger partial charge in [0.1, 0.15) is 18.1 Å². The predicted molar refractivity (Wildman–Crippen MR) is 121 cm³/mol. The number of ether oxygens (including phenoxy) is 2. The summed E-state index contributed by atoms with van der Waals surface area (Å²) >= 11 is 0. The number of hydrogen-bond donors (Lipinski definition) is 2. The average Bonchev–Trinajstić information content (AvgIpc) is 3.19. The van der Waals surface area contributed by atoms with Crippen molar-refractivity contribution in [1.82, 2.24) is 15.1 Å². The van der Waals surface area contributed by atoms with E-state index in [1.165, 1.54) is 11.3 Å². The Balaban J connectivity index is 1.54. The van der Waals surface area contributed by atoms with Crippen molar-refractivity contribution in [3.05, 3.63) is 71.5 Å². The maximum atomic E-state index is 8.97. The smallest absolute Gasteiger partial charge is 0.119 e. The van der Waals surface area contributed by atoms with Gasteiger partial charge in [0.05, 0.1) is 25.6 Å². The molecular formula is C25H31N3O3. The molecule has 1 unspecified atom stereocenters. The molecule has 1 aliphatic rings. The van der Waals surface area contributed by atoms with Gasteiger partial charge in [-0.15, -0.1) is 0 Å². The van der Waals surface area contributed by atoms with Crippen LogP contribution < -0.4 is 14.8 Å². The zero-order chi connectivity index (χ0) is 21.8. The molecule has 2 aromatic carbocycles. The Labute approximate surface area is 183 Å². The number of fused-ring (bicyclic) bond motifs is 1. The second-order valence-electron chi connectivity index (χ2n) is 8.85. The number of nitrogens with zero attached hydrogens (tertiary/aromatic N) is 2. The van der Waals surface area contributed by atoms with Gasteiger partial charge in [-0.2, -0.15) is 5.10 Å². The highest BCUT2D eigenvalue weighted by Gasteiger charge is 2.35. The van der Waals surface area contributed by atoms with E-state index >= 15 is 0 Å². The van der Waals surface area contributed by atoms with Crippen molar-refractivity contribution in [1.29, 1.82) is 0 Å². The van der Waals surface area contributed by atoms with Crippen LogP contribution in [0.15, 0.2) is 54.7 Å². The molecule has 164 valence electrons. The number of nitrogens with one attached hydrogen (secondary N) is 1. The quantitative estimate of drug-likeness (QED) is 0.574. The normalized spacial score (nSPS) is 17.2. The van der Waals surface area contributed by atoms with Crippen molar-refractivity contribution in [3.8, 4) is 17.2 Å².